The van der Waals surface area contributed by atoms with Crippen LogP contribution in [-0.2, 0) is 44.7 Å². The fourth-order valence-corrected chi connectivity index (χ4v) is 2.93. The minimum atomic E-state index is -0.556. The zero-order valence-corrected chi connectivity index (χ0v) is 22.5. The van der Waals surface area contributed by atoms with Crippen molar-refractivity contribution in [2.45, 2.75) is 19.4 Å². The first-order valence-corrected chi connectivity index (χ1v) is 12.7. The van der Waals surface area contributed by atoms with Gasteiger partial charge < -0.3 is 55.6 Å². The van der Waals surface area contributed by atoms with Crippen LogP contribution in [0.5, 0.6) is 11.5 Å². The lowest BCUT2D eigenvalue weighted by atomic mass is 10.2. The van der Waals surface area contributed by atoms with E-state index in [2.05, 4.69) is 10.6 Å². The Morgan fingerprint density at radius 2 is 1.27 bits per heavy atom. The number of primary amides is 2. The lowest BCUT2D eigenvalue weighted by Crippen LogP contribution is -2.32. The molecule has 1 rings (SSSR count). The molecule has 4 amide bonds. The Hall–Kier alpha value is -3.50. The second-order valence-electron chi connectivity index (χ2n) is 8.13. The summed E-state index contributed by atoms with van der Waals surface area (Å²) in [7, 11) is 0. The number of aliphatic hydroxyl groups is 1. The molecule has 0 aromatic heterocycles. The molecule has 1 aromatic carbocycles. The fraction of sp³-hybridized carbons (Fsp3) is 0.600. The maximum atomic E-state index is 12.0. The van der Waals surface area contributed by atoms with Gasteiger partial charge in [0, 0.05) is 25.1 Å². The standard InChI is InChI=1S/C25H40N4O11/c26-22(31)16-37-12-10-35-8-5-28-24(33)2-1-7-39-20-3-4-21(19(14-20)15-30)40-18-25(34)29-6-9-36-11-13-38-17-23(27)32/h3-4,14,30H,1-2,5-13,15-18H2,(H2,26,31)(H2,27,32)(H,28,33)(H,29,34). The number of carbonyl (C=O) groups excluding carboxylic acids is 4. The van der Waals surface area contributed by atoms with Gasteiger partial charge in [-0.25, -0.2) is 0 Å². The zero-order chi connectivity index (χ0) is 29.4. The predicted octanol–water partition coefficient (Wildman–Crippen LogP) is -2.01. The number of aliphatic hydroxyl groups excluding tert-OH is 1. The Balaban J connectivity index is 2.16. The van der Waals surface area contributed by atoms with Crippen LogP contribution in [0.1, 0.15) is 18.4 Å². The van der Waals surface area contributed by atoms with Crippen molar-refractivity contribution in [3.05, 3.63) is 23.8 Å². The lowest BCUT2D eigenvalue weighted by Gasteiger charge is -2.13. The average Bonchev–Trinajstić information content (AvgIpc) is 2.92. The van der Waals surface area contributed by atoms with Crippen molar-refractivity contribution >= 4 is 23.6 Å². The molecule has 0 spiro atoms. The highest BCUT2D eigenvalue weighted by atomic mass is 16.5. The third-order valence-corrected chi connectivity index (χ3v) is 4.75. The van der Waals surface area contributed by atoms with Crippen LogP contribution in [0.4, 0.5) is 0 Å². The first-order chi connectivity index (χ1) is 19.3. The van der Waals surface area contributed by atoms with Gasteiger partial charge in [-0.05, 0) is 24.6 Å². The Labute approximate surface area is 232 Å². The number of benzene rings is 1. The minimum Gasteiger partial charge on any atom is -0.494 e. The summed E-state index contributed by atoms with van der Waals surface area (Å²) in [6, 6.07) is 4.84. The fourth-order valence-electron chi connectivity index (χ4n) is 2.93. The van der Waals surface area contributed by atoms with Gasteiger partial charge in [-0.15, -0.1) is 0 Å². The summed E-state index contributed by atoms with van der Waals surface area (Å²) in [6.07, 6.45) is 0.740. The third kappa shape index (κ3) is 18.7. The molecule has 0 radical (unpaired) electrons. The largest absolute Gasteiger partial charge is 0.494 e. The van der Waals surface area contributed by atoms with E-state index in [1.807, 2.05) is 0 Å². The first-order valence-electron chi connectivity index (χ1n) is 12.7. The van der Waals surface area contributed by atoms with Crippen LogP contribution in [0.15, 0.2) is 18.2 Å². The first kappa shape index (κ1) is 34.5. The van der Waals surface area contributed by atoms with Gasteiger partial charge in [-0.2, -0.15) is 0 Å². The number of carbonyl (C=O) groups is 4. The van der Waals surface area contributed by atoms with Crippen LogP contribution >= 0.6 is 0 Å². The molecule has 0 aliphatic carbocycles. The molecule has 0 aliphatic heterocycles. The summed E-state index contributed by atoms with van der Waals surface area (Å²) in [5, 5.41) is 15.0. The Kier molecular flexibility index (Phi) is 19.3. The molecule has 0 bridgehead atoms. The van der Waals surface area contributed by atoms with E-state index in [1.54, 1.807) is 18.2 Å². The highest BCUT2D eigenvalue weighted by molar-refractivity contribution is 5.77. The van der Waals surface area contributed by atoms with Crippen LogP contribution in [-0.4, -0.2) is 108 Å². The van der Waals surface area contributed by atoms with Crippen molar-refractivity contribution in [2.24, 2.45) is 11.5 Å². The number of nitrogens with one attached hydrogen (secondary N) is 2. The summed E-state index contributed by atoms with van der Waals surface area (Å²) in [5.74, 6) is -0.775. The molecule has 0 unspecified atom stereocenters. The van der Waals surface area contributed by atoms with Crippen molar-refractivity contribution in [1.29, 1.82) is 0 Å². The van der Waals surface area contributed by atoms with E-state index in [-0.39, 0.29) is 84.2 Å². The summed E-state index contributed by atoms with van der Waals surface area (Å²) >= 11 is 0. The van der Waals surface area contributed by atoms with E-state index in [9.17, 15) is 24.3 Å². The molecule has 7 N–H and O–H groups in total. The molecule has 0 fully saturated rings. The van der Waals surface area contributed by atoms with Crippen LogP contribution in [0, 0.1) is 0 Å². The quantitative estimate of drug-likeness (QED) is 0.0805. The van der Waals surface area contributed by atoms with E-state index in [1.165, 1.54) is 0 Å². The summed E-state index contributed by atoms with van der Waals surface area (Å²) in [4.78, 5) is 44.9. The Bertz CT molecular complexity index is 902. The number of rotatable bonds is 25. The number of nitrogens with two attached hydrogens (primary N) is 2. The summed E-state index contributed by atoms with van der Waals surface area (Å²) in [5.41, 5.74) is 10.3. The zero-order valence-electron chi connectivity index (χ0n) is 22.5. The van der Waals surface area contributed by atoms with E-state index in [4.69, 9.17) is 39.9 Å². The molecular formula is C25H40N4O11. The molecule has 0 aliphatic rings. The van der Waals surface area contributed by atoms with Crippen LogP contribution in [0.25, 0.3) is 0 Å². The molecule has 40 heavy (non-hydrogen) atoms. The Morgan fingerprint density at radius 1 is 0.700 bits per heavy atom. The maximum Gasteiger partial charge on any atom is 0.258 e. The van der Waals surface area contributed by atoms with Gasteiger partial charge in [-0.1, -0.05) is 0 Å². The summed E-state index contributed by atoms with van der Waals surface area (Å²) in [6.45, 7) is 1.58. The number of amides is 4. The second-order valence-corrected chi connectivity index (χ2v) is 8.13. The van der Waals surface area contributed by atoms with Gasteiger partial charge in [0.15, 0.2) is 6.61 Å². The van der Waals surface area contributed by atoms with Crippen molar-refractivity contribution in [2.75, 3.05) is 79.2 Å². The Morgan fingerprint density at radius 3 is 1.85 bits per heavy atom. The highest BCUT2D eigenvalue weighted by Gasteiger charge is 2.09. The average molecular weight is 573 g/mol. The van der Waals surface area contributed by atoms with Gasteiger partial charge >= 0.3 is 0 Å². The SMILES string of the molecule is NC(=O)COCCOCCNC(=O)CCCOc1ccc(OCC(=O)NCCOCCOCC(N)=O)c(CO)c1. The summed E-state index contributed by atoms with van der Waals surface area (Å²) < 4.78 is 31.5. The smallest absolute Gasteiger partial charge is 0.258 e. The van der Waals surface area contributed by atoms with Gasteiger partial charge in [0.2, 0.25) is 17.7 Å². The minimum absolute atomic E-state index is 0.143. The molecule has 0 atom stereocenters. The molecule has 0 saturated carbocycles. The number of hydrogen-bond acceptors (Lipinski definition) is 11. The molecule has 1 aromatic rings. The lowest BCUT2D eigenvalue weighted by molar-refractivity contribution is -0.124. The predicted molar refractivity (Wildman–Crippen MR) is 140 cm³/mol. The molecule has 15 nitrogen and oxygen atoms in total. The highest BCUT2D eigenvalue weighted by Crippen LogP contribution is 2.24. The third-order valence-electron chi connectivity index (χ3n) is 4.75. The van der Waals surface area contributed by atoms with Gasteiger partial charge in [-0.3, -0.25) is 19.2 Å². The van der Waals surface area contributed by atoms with Crippen molar-refractivity contribution in [3.63, 3.8) is 0 Å². The maximum absolute atomic E-state index is 12.0. The number of ether oxygens (including phenoxy) is 6. The monoisotopic (exact) mass is 572 g/mol. The molecule has 0 heterocycles. The van der Waals surface area contributed by atoms with Crippen molar-refractivity contribution < 1.29 is 52.7 Å². The van der Waals surface area contributed by atoms with E-state index >= 15 is 0 Å². The van der Waals surface area contributed by atoms with Crippen LogP contribution in [0.2, 0.25) is 0 Å². The van der Waals surface area contributed by atoms with E-state index < -0.39 is 11.8 Å². The van der Waals surface area contributed by atoms with Crippen LogP contribution in [0.3, 0.4) is 0 Å². The van der Waals surface area contributed by atoms with Crippen molar-refractivity contribution in [1.82, 2.24) is 10.6 Å². The normalized spacial score (nSPS) is 10.6. The van der Waals surface area contributed by atoms with Gasteiger partial charge in [0.05, 0.1) is 52.9 Å². The van der Waals surface area contributed by atoms with E-state index in [0.29, 0.717) is 43.2 Å². The van der Waals surface area contributed by atoms with Crippen LogP contribution < -0.4 is 31.6 Å². The van der Waals surface area contributed by atoms with E-state index in [0.717, 1.165) is 0 Å². The molecular weight excluding hydrogens is 532 g/mol. The van der Waals surface area contributed by atoms with Gasteiger partial charge in [0.1, 0.15) is 24.7 Å². The molecule has 15 heteroatoms. The molecule has 0 saturated heterocycles. The van der Waals surface area contributed by atoms with Crippen molar-refractivity contribution in [3.8, 4) is 11.5 Å². The number of hydrogen-bond donors (Lipinski definition) is 5. The van der Waals surface area contributed by atoms with Gasteiger partial charge in [0.25, 0.3) is 5.91 Å². The second kappa shape index (κ2) is 22.3. The topological polar surface area (TPSA) is 220 Å². The molecule has 226 valence electrons.